The van der Waals surface area contributed by atoms with Gasteiger partial charge in [0.05, 0.1) is 16.1 Å². The van der Waals surface area contributed by atoms with Gasteiger partial charge in [-0.3, -0.25) is 0 Å². The standard InChI is InChI=1S/C19H24Cl2N2O/c1-13(9-14-3-5-15(6-4-14)11-22-2)23-12-19(24)16-7-8-17(20)18(21)10-16/h3-8,10,13,19,22-24H,9,11-12H2,1-2H3. The monoisotopic (exact) mass is 366 g/mol. The molecule has 3 nitrogen and oxygen atoms in total. The molecule has 0 aliphatic rings. The van der Waals surface area contributed by atoms with Crippen LogP contribution in [0.15, 0.2) is 42.5 Å². The summed E-state index contributed by atoms with van der Waals surface area (Å²) in [7, 11) is 1.94. The zero-order valence-corrected chi connectivity index (χ0v) is 15.5. The fourth-order valence-electron chi connectivity index (χ4n) is 2.57. The Morgan fingerprint density at radius 1 is 1.00 bits per heavy atom. The summed E-state index contributed by atoms with van der Waals surface area (Å²) >= 11 is 11.9. The maximum absolute atomic E-state index is 10.3. The molecule has 0 saturated carbocycles. The number of aliphatic hydroxyl groups excluding tert-OH is 1. The number of benzene rings is 2. The van der Waals surface area contributed by atoms with Crippen molar-refractivity contribution in [2.24, 2.45) is 0 Å². The Bertz CT molecular complexity index is 646. The fraction of sp³-hybridized carbons (Fsp3) is 0.368. The number of rotatable bonds is 8. The van der Waals surface area contributed by atoms with Crippen molar-refractivity contribution >= 4 is 23.2 Å². The van der Waals surface area contributed by atoms with Crippen LogP contribution in [-0.2, 0) is 13.0 Å². The molecular formula is C19H24Cl2N2O. The molecule has 24 heavy (non-hydrogen) atoms. The van der Waals surface area contributed by atoms with Gasteiger partial charge in [0.2, 0.25) is 0 Å². The largest absolute Gasteiger partial charge is 0.387 e. The molecule has 2 unspecified atom stereocenters. The van der Waals surface area contributed by atoms with Crippen molar-refractivity contribution in [2.45, 2.75) is 32.0 Å². The van der Waals surface area contributed by atoms with E-state index in [4.69, 9.17) is 23.2 Å². The number of nitrogens with one attached hydrogen (secondary N) is 2. The number of halogens is 2. The van der Waals surface area contributed by atoms with Crippen LogP contribution in [0.25, 0.3) is 0 Å². The van der Waals surface area contributed by atoms with Crippen LogP contribution in [0, 0.1) is 0 Å². The summed E-state index contributed by atoms with van der Waals surface area (Å²) in [5.41, 5.74) is 3.32. The zero-order valence-electron chi connectivity index (χ0n) is 14.0. The Balaban J connectivity index is 1.83. The third-order valence-corrected chi connectivity index (χ3v) is 4.67. The van der Waals surface area contributed by atoms with E-state index in [0.717, 1.165) is 18.5 Å². The molecule has 0 spiro atoms. The summed E-state index contributed by atoms with van der Waals surface area (Å²) in [6.45, 7) is 3.46. The second kappa shape index (κ2) is 9.40. The average molecular weight is 367 g/mol. The van der Waals surface area contributed by atoms with E-state index < -0.39 is 6.10 Å². The smallest absolute Gasteiger partial charge is 0.0915 e. The minimum Gasteiger partial charge on any atom is -0.387 e. The topological polar surface area (TPSA) is 44.3 Å². The molecule has 0 amide bonds. The van der Waals surface area contributed by atoms with Crippen molar-refractivity contribution in [3.8, 4) is 0 Å². The molecule has 2 atom stereocenters. The van der Waals surface area contributed by atoms with Crippen LogP contribution >= 0.6 is 23.2 Å². The van der Waals surface area contributed by atoms with E-state index in [1.54, 1.807) is 18.2 Å². The van der Waals surface area contributed by atoms with Gasteiger partial charge in [-0.15, -0.1) is 0 Å². The first-order valence-corrected chi connectivity index (χ1v) is 8.84. The summed E-state index contributed by atoms with van der Waals surface area (Å²) in [4.78, 5) is 0. The van der Waals surface area contributed by atoms with Gasteiger partial charge in [-0.05, 0) is 49.2 Å². The number of hydrogen-bond donors (Lipinski definition) is 3. The molecule has 3 N–H and O–H groups in total. The molecule has 2 aromatic rings. The van der Waals surface area contributed by atoms with Gasteiger partial charge in [0, 0.05) is 19.1 Å². The second-order valence-corrected chi connectivity index (χ2v) is 6.86. The highest BCUT2D eigenvalue weighted by Gasteiger charge is 2.11. The highest BCUT2D eigenvalue weighted by atomic mass is 35.5. The molecule has 0 saturated heterocycles. The Morgan fingerprint density at radius 2 is 1.67 bits per heavy atom. The third-order valence-electron chi connectivity index (χ3n) is 3.93. The second-order valence-electron chi connectivity index (χ2n) is 6.05. The van der Waals surface area contributed by atoms with Crippen molar-refractivity contribution < 1.29 is 5.11 Å². The van der Waals surface area contributed by atoms with Crippen molar-refractivity contribution in [3.63, 3.8) is 0 Å². The van der Waals surface area contributed by atoms with Crippen molar-refractivity contribution in [2.75, 3.05) is 13.6 Å². The lowest BCUT2D eigenvalue weighted by molar-refractivity contribution is 0.170. The molecule has 2 rings (SSSR count). The first-order valence-electron chi connectivity index (χ1n) is 8.08. The van der Waals surface area contributed by atoms with Crippen molar-refractivity contribution in [1.29, 1.82) is 0 Å². The lowest BCUT2D eigenvalue weighted by Crippen LogP contribution is -2.32. The van der Waals surface area contributed by atoms with E-state index in [-0.39, 0.29) is 6.04 Å². The van der Waals surface area contributed by atoms with E-state index in [1.165, 1.54) is 11.1 Å². The minimum absolute atomic E-state index is 0.262. The van der Waals surface area contributed by atoms with E-state index in [9.17, 15) is 5.11 Å². The van der Waals surface area contributed by atoms with Crippen molar-refractivity contribution in [3.05, 3.63) is 69.2 Å². The highest BCUT2D eigenvalue weighted by molar-refractivity contribution is 6.42. The van der Waals surface area contributed by atoms with Gasteiger partial charge in [-0.25, -0.2) is 0 Å². The average Bonchev–Trinajstić information content (AvgIpc) is 2.57. The van der Waals surface area contributed by atoms with Crippen LogP contribution in [0.5, 0.6) is 0 Å². The predicted molar refractivity (Wildman–Crippen MR) is 102 cm³/mol. The van der Waals surface area contributed by atoms with Crippen LogP contribution in [0.3, 0.4) is 0 Å². The molecule has 2 aromatic carbocycles. The minimum atomic E-state index is -0.611. The molecule has 0 heterocycles. The summed E-state index contributed by atoms with van der Waals surface area (Å²) in [6.07, 6.45) is 0.300. The summed E-state index contributed by atoms with van der Waals surface area (Å²) in [5, 5.41) is 17.7. The normalized spacial score (nSPS) is 13.7. The van der Waals surface area contributed by atoms with Crippen molar-refractivity contribution in [1.82, 2.24) is 10.6 Å². The molecular weight excluding hydrogens is 343 g/mol. The molecule has 0 fully saturated rings. The summed E-state index contributed by atoms with van der Waals surface area (Å²) < 4.78 is 0. The van der Waals surface area contributed by atoms with Crippen LogP contribution in [0.4, 0.5) is 0 Å². The molecule has 5 heteroatoms. The first kappa shape index (κ1) is 19.2. The Morgan fingerprint density at radius 3 is 2.29 bits per heavy atom. The van der Waals surface area contributed by atoms with E-state index >= 15 is 0 Å². The quantitative estimate of drug-likeness (QED) is 0.662. The highest BCUT2D eigenvalue weighted by Crippen LogP contribution is 2.25. The van der Waals surface area contributed by atoms with E-state index in [0.29, 0.717) is 16.6 Å². The molecule has 0 aliphatic carbocycles. The van der Waals surface area contributed by atoms with Gasteiger partial charge in [-0.1, -0.05) is 53.5 Å². The van der Waals surface area contributed by atoms with Gasteiger partial charge < -0.3 is 15.7 Å². The molecule has 0 bridgehead atoms. The SMILES string of the molecule is CNCc1ccc(CC(C)NCC(O)c2ccc(Cl)c(Cl)c2)cc1. The van der Waals surface area contributed by atoms with Gasteiger partial charge in [0.15, 0.2) is 0 Å². The Hall–Kier alpha value is -1.10. The van der Waals surface area contributed by atoms with Crippen LogP contribution in [0.2, 0.25) is 10.0 Å². The zero-order chi connectivity index (χ0) is 17.5. The van der Waals surface area contributed by atoms with E-state index in [1.807, 2.05) is 7.05 Å². The number of aliphatic hydroxyl groups is 1. The fourth-order valence-corrected chi connectivity index (χ4v) is 2.88. The van der Waals surface area contributed by atoms with Crippen LogP contribution in [0.1, 0.15) is 29.7 Å². The maximum Gasteiger partial charge on any atom is 0.0915 e. The Kier molecular flexibility index (Phi) is 7.53. The van der Waals surface area contributed by atoms with Gasteiger partial charge in [0.1, 0.15) is 0 Å². The van der Waals surface area contributed by atoms with Crippen LogP contribution in [-0.4, -0.2) is 24.7 Å². The van der Waals surface area contributed by atoms with Gasteiger partial charge in [-0.2, -0.15) is 0 Å². The van der Waals surface area contributed by atoms with Gasteiger partial charge in [0.25, 0.3) is 0 Å². The molecule has 0 aromatic heterocycles. The third kappa shape index (κ3) is 5.76. The predicted octanol–water partition coefficient (Wildman–Crippen LogP) is 3.97. The van der Waals surface area contributed by atoms with E-state index in [2.05, 4.69) is 41.8 Å². The molecule has 0 radical (unpaired) electrons. The van der Waals surface area contributed by atoms with Gasteiger partial charge >= 0.3 is 0 Å². The lowest BCUT2D eigenvalue weighted by Gasteiger charge is -2.18. The molecule has 0 aliphatic heterocycles. The first-order chi connectivity index (χ1) is 11.5. The van der Waals surface area contributed by atoms with Crippen LogP contribution < -0.4 is 10.6 Å². The number of hydrogen-bond acceptors (Lipinski definition) is 3. The summed E-state index contributed by atoms with van der Waals surface area (Å²) in [6, 6.07) is 14.1. The summed E-state index contributed by atoms with van der Waals surface area (Å²) in [5.74, 6) is 0. The maximum atomic E-state index is 10.3. The Labute approximate surface area is 154 Å². The lowest BCUT2D eigenvalue weighted by atomic mass is 10.0. The molecule has 130 valence electrons.